The van der Waals surface area contributed by atoms with Gasteiger partial charge in [-0.2, -0.15) is 0 Å². The van der Waals surface area contributed by atoms with E-state index in [1.165, 1.54) is 0 Å². The summed E-state index contributed by atoms with van der Waals surface area (Å²) in [6.07, 6.45) is 0.141. The molecule has 1 fully saturated rings. The molecule has 2 N–H and O–H groups in total. The number of nitrogens with zero attached hydrogens (tertiary/aromatic N) is 1. The number of amides is 2. The van der Waals surface area contributed by atoms with Crippen LogP contribution in [-0.2, 0) is 0 Å². The molecule has 0 aromatic rings. The lowest BCUT2D eigenvalue weighted by Crippen LogP contribution is -2.43. The van der Waals surface area contributed by atoms with Crippen molar-refractivity contribution < 1.29 is 4.79 Å². The first-order valence-corrected chi connectivity index (χ1v) is 3.45. The second-order valence-electron chi connectivity index (χ2n) is 2.56. The second kappa shape index (κ2) is 2.88. The van der Waals surface area contributed by atoms with Crippen molar-refractivity contribution in [1.82, 2.24) is 15.5 Å². The Hall–Kier alpha value is -0.770. The van der Waals surface area contributed by atoms with Crippen molar-refractivity contribution >= 4 is 6.03 Å². The Bertz CT molecular complexity index is 137. The fourth-order valence-corrected chi connectivity index (χ4v) is 0.890. The Kier molecular flexibility index (Phi) is 2.11. The van der Waals surface area contributed by atoms with Crippen LogP contribution in [0.5, 0.6) is 0 Å². The van der Waals surface area contributed by atoms with Crippen molar-refractivity contribution in [2.45, 2.75) is 13.1 Å². The Morgan fingerprint density at radius 3 is 3.10 bits per heavy atom. The van der Waals surface area contributed by atoms with Gasteiger partial charge in [-0.25, -0.2) is 4.79 Å². The number of nitrogens with one attached hydrogen (secondary N) is 2. The normalized spacial score (nSPS) is 28.6. The highest BCUT2D eigenvalue weighted by Crippen LogP contribution is 1.92. The number of carbonyl (C=O) groups is 1. The predicted molar refractivity (Wildman–Crippen MR) is 38.6 cm³/mol. The summed E-state index contributed by atoms with van der Waals surface area (Å²) < 4.78 is 0. The highest BCUT2D eigenvalue weighted by Gasteiger charge is 2.14. The standard InChI is InChI=1S/C6H13N3O/c1-5-8-6(10)7-3-4-9(5)2/h5H,3-4H2,1-2H3,(H2,7,8,10). The maximum absolute atomic E-state index is 10.8. The summed E-state index contributed by atoms with van der Waals surface area (Å²) in [5.41, 5.74) is 0. The molecule has 0 aliphatic carbocycles. The third kappa shape index (κ3) is 1.60. The number of rotatable bonds is 0. The van der Waals surface area contributed by atoms with E-state index in [1.54, 1.807) is 0 Å². The number of carbonyl (C=O) groups excluding carboxylic acids is 1. The van der Waals surface area contributed by atoms with E-state index < -0.39 is 0 Å². The molecule has 1 heterocycles. The van der Waals surface area contributed by atoms with Crippen molar-refractivity contribution in [3.8, 4) is 0 Å². The monoisotopic (exact) mass is 143 g/mol. The van der Waals surface area contributed by atoms with E-state index in [0.717, 1.165) is 13.1 Å². The Labute approximate surface area is 60.6 Å². The van der Waals surface area contributed by atoms with Crippen LogP contribution in [0.2, 0.25) is 0 Å². The quantitative estimate of drug-likeness (QED) is 0.483. The molecule has 10 heavy (non-hydrogen) atoms. The summed E-state index contributed by atoms with van der Waals surface area (Å²) in [5.74, 6) is 0. The van der Waals surface area contributed by atoms with E-state index >= 15 is 0 Å². The molecular formula is C6H13N3O. The molecule has 1 aliphatic heterocycles. The minimum Gasteiger partial charge on any atom is -0.337 e. The largest absolute Gasteiger partial charge is 0.337 e. The molecule has 2 amide bonds. The van der Waals surface area contributed by atoms with E-state index in [4.69, 9.17) is 0 Å². The molecule has 0 saturated carbocycles. The van der Waals surface area contributed by atoms with Crippen LogP contribution < -0.4 is 10.6 Å². The minimum atomic E-state index is -0.0724. The highest BCUT2D eigenvalue weighted by atomic mass is 16.2. The molecule has 0 spiro atoms. The SMILES string of the molecule is CC1NC(=O)NCCN1C. The van der Waals surface area contributed by atoms with E-state index in [1.807, 2.05) is 14.0 Å². The average molecular weight is 143 g/mol. The van der Waals surface area contributed by atoms with Crippen LogP contribution in [0.4, 0.5) is 4.79 Å². The number of hydrogen-bond acceptors (Lipinski definition) is 2. The molecule has 1 unspecified atom stereocenters. The molecule has 58 valence electrons. The first-order chi connectivity index (χ1) is 4.70. The summed E-state index contributed by atoms with van der Waals surface area (Å²) >= 11 is 0. The van der Waals surface area contributed by atoms with Gasteiger partial charge in [0.2, 0.25) is 0 Å². The molecule has 4 nitrogen and oxygen atoms in total. The summed E-state index contributed by atoms with van der Waals surface area (Å²) in [5, 5.41) is 5.48. The molecule has 1 rings (SSSR count). The zero-order chi connectivity index (χ0) is 7.56. The molecule has 0 aromatic heterocycles. The van der Waals surface area contributed by atoms with Crippen LogP contribution in [0.25, 0.3) is 0 Å². The Morgan fingerprint density at radius 1 is 1.70 bits per heavy atom. The topological polar surface area (TPSA) is 44.4 Å². The second-order valence-corrected chi connectivity index (χ2v) is 2.56. The minimum absolute atomic E-state index is 0.0724. The smallest absolute Gasteiger partial charge is 0.316 e. The number of hydrogen-bond donors (Lipinski definition) is 2. The van der Waals surface area contributed by atoms with Gasteiger partial charge in [0.05, 0.1) is 6.17 Å². The summed E-state index contributed by atoms with van der Waals surface area (Å²) in [7, 11) is 1.98. The van der Waals surface area contributed by atoms with Crippen LogP contribution in [0.1, 0.15) is 6.92 Å². The van der Waals surface area contributed by atoms with Crippen molar-refractivity contribution in [2.75, 3.05) is 20.1 Å². The zero-order valence-corrected chi connectivity index (χ0v) is 6.35. The van der Waals surface area contributed by atoms with Gasteiger partial charge in [0.15, 0.2) is 0 Å². The van der Waals surface area contributed by atoms with E-state index in [9.17, 15) is 4.79 Å². The molecule has 0 bridgehead atoms. The van der Waals surface area contributed by atoms with Crippen LogP contribution >= 0.6 is 0 Å². The number of urea groups is 1. The van der Waals surface area contributed by atoms with Gasteiger partial charge in [-0.1, -0.05) is 0 Å². The van der Waals surface area contributed by atoms with Gasteiger partial charge in [0, 0.05) is 13.1 Å². The lowest BCUT2D eigenvalue weighted by atomic mass is 10.5. The molecule has 0 radical (unpaired) electrons. The Balaban J connectivity index is 2.49. The van der Waals surface area contributed by atoms with Crippen LogP contribution in [-0.4, -0.2) is 37.2 Å². The van der Waals surface area contributed by atoms with Crippen LogP contribution in [0.15, 0.2) is 0 Å². The first kappa shape index (κ1) is 7.34. The fourth-order valence-electron chi connectivity index (χ4n) is 0.890. The maximum atomic E-state index is 10.8. The van der Waals surface area contributed by atoms with Crippen molar-refractivity contribution in [2.24, 2.45) is 0 Å². The number of likely N-dealkylation sites (N-methyl/N-ethyl adjacent to an activating group) is 1. The van der Waals surface area contributed by atoms with E-state index in [-0.39, 0.29) is 12.2 Å². The average Bonchev–Trinajstić information content (AvgIpc) is 1.96. The van der Waals surface area contributed by atoms with Crippen molar-refractivity contribution in [1.29, 1.82) is 0 Å². The summed E-state index contributed by atoms with van der Waals surface area (Å²) in [4.78, 5) is 12.9. The summed E-state index contributed by atoms with van der Waals surface area (Å²) in [6, 6.07) is -0.0724. The lowest BCUT2D eigenvalue weighted by molar-refractivity contribution is 0.222. The molecule has 1 saturated heterocycles. The van der Waals surface area contributed by atoms with Gasteiger partial charge < -0.3 is 10.6 Å². The third-order valence-corrected chi connectivity index (χ3v) is 1.75. The summed E-state index contributed by atoms with van der Waals surface area (Å²) in [6.45, 7) is 3.59. The molecule has 1 aliphatic rings. The van der Waals surface area contributed by atoms with Gasteiger partial charge in [-0.3, -0.25) is 4.90 Å². The van der Waals surface area contributed by atoms with Gasteiger partial charge >= 0.3 is 6.03 Å². The van der Waals surface area contributed by atoms with Gasteiger partial charge in [0.25, 0.3) is 0 Å². The Morgan fingerprint density at radius 2 is 2.40 bits per heavy atom. The van der Waals surface area contributed by atoms with Crippen molar-refractivity contribution in [3.05, 3.63) is 0 Å². The predicted octanol–water partition coefficient (Wildman–Crippen LogP) is -0.423. The fraction of sp³-hybridized carbons (Fsp3) is 0.833. The highest BCUT2D eigenvalue weighted by molar-refractivity contribution is 5.74. The maximum Gasteiger partial charge on any atom is 0.316 e. The van der Waals surface area contributed by atoms with Crippen molar-refractivity contribution in [3.63, 3.8) is 0 Å². The van der Waals surface area contributed by atoms with E-state index in [2.05, 4.69) is 15.5 Å². The van der Waals surface area contributed by atoms with E-state index in [0.29, 0.717) is 0 Å². The van der Waals surface area contributed by atoms with Gasteiger partial charge in [0.1, 0.15) is 0 Å². The lowest BCUT2D eigenvalue weighted by Gasteiger charge is -2.20. The van der Waals surface area contributed by atoms with Gasteiger partial charge in [-0.15, -0.1) is 0 Å². The zero-order valence-electron chi connectivity index (χ0n) is 6.35. The van der Waals surface area contributed by atoms with Gasteiger partial charge in [-0.05, 0) is 14.0 Å². The third-order valence-electron chi connectivity index (χ3n) is 1.75. The molecule has 0 aromatic carbocycles. The van der Waals surface area contributed by atoms with Crippen LogP contribution in [0, 0.1) is 0 Å². The molecule has 4 heteroatoms. The molecule has 1 atom stereocenters. The molecular weight excluding hydrogens is 130 g/mol. The van der Waals surface area contributed by atoms with Crippen LogP contribution in [0.3, 0.4) is 0 Å². The first-order valence-electron chi connectivity index (χ1n) is 3.45.